The molecule has 1 aromatic rings. The van der Waals surface area contributed by atoms with E-state index in [9.17, 15) is 8.42 Å². The van der Waals surface area contributed by atoms with Gasteiger partial charge in [-0.1, -0.05) is 13.8 Å². The highest BCUT2D eigenvalue weighted by Crippen LogP contribution is 2.22. The van der Waals surface area contributed by atoms with Crippen LogP contribution in [0.4, 0.5) is 5.82 Å². The van der Waals surface area contributed by atoms with E-state index >= 15 is 0 Å². The van der Waals surface area contributed by atoms with Gasteiger partial charge in [0.1, 0.15) is 4.90 Å². The van der Waals surface area contributed by atoms with Crippen LogP contribution in [0.5, 0.6) is 0 Å². The largest absolute Gasteiger partial charge is 0.307 e. The molecule has 1 aromatic heterocycles. The summed E-state index contributed by atoms with van der Waals surface area (Å²) in [4.78, 5) is 3.96. The van der Waals surface area contributed by atoms with Crippen LogP contribution in [-0.2, 0) is 10.0 Å². The molecule has 8 heteroatoms. The number of nitrogens with zero attached hydrogens (tertiary/aromatic N) is 1. The predicted octanol–water partition coefficient (Wildman–Crippen LogP) is 1.84. The van der Waals surface area contributed by atoms with Crippen molar-refractivity contribution in [1.82, 2.24) is 9.71 Å². The van der Waals surface area contributed by atoms with E-state index in [1.54, 1.807) is 0 Å². The molecular formula is C11H19BrN4O2S. The highest BCUT2D eigenvalue weighted by Gasteiger charge is 2.22. The highest BCUT2D eigenvalue weighted by atomic mass is 79.9. The Morgan fingerprint density at radius 2 is 2.05 bits per heavy atom. The van der Waals surface area contributed by atoms with Crippen molar-refractivity contribution in [3.05, 3.63) is 16.7 Å². The number of anilines is 1. The van der Waals surface area contributed by atoms with Crippen LogP contribution in [0.3, 0.4) is 0 Å². The second-order valence-electron chi connectivity index (χ2n) is 4.80. The van der Waals surface area contributed by atoms with Crippen molar-refractivity contribution >= 4 is 31.8 Å². The lowest BCUT2D eigenvalue weighted by Crippen LogP contribution is -2.34. The van der Waals surface area contributed by atoms with Crippen molar-refractivity contribution < 1.29 is 8.42 Å². The molecule has 1 atom stereocenters. The van der Waals surface area contributed by atoms with Gasteiger partial charge in [-0.15, -0.1) is 0 Å². The summed E-state index contributed by atoms with van der Waals surface area (Å²) in [6.07, 6.45) is 2.23. The first-order valence-electron chi connectivity index (χ1n) is 5.90. The normalized spacial score (nSPS) is 13.6. The minimum absolute atomic E-state index is 0.0278. The molecule has 6 nitrogen and oxygen atoms in total. The topological polar surface area (TPSA) is 97.1 Å². The summed E-state index contributed by atoms with van der Waals surface area (Å²) in [5.41, 5.74) is 2.29. The molecule has 0 fully saturated rings. The first kappa shape index (κ1) is 16.4. The van der Waals surface area contributed by atoms with Crippen molar-refractivity contribution in [3.8, 4) is 0 Å². The van der Waals surface area contributed by atoms with E-state index in [0.717, 1.165) is 6.42 Å². The molecule has 0 amide bonds. The van der Waals surface area contributed by atoms with Gasteiger partial charge in [0.25, 0.3) is 0 Å². The van der Waals surface area contributed by atoms with Crippen LogP contribution in [0.25, 0.3) is 0 Å². The van der Waals surface area contributed by atoms with Crippen molar-refractivity contribution in [1.29, 1.82) is 0 Å². The van der Waals surface area contributed by atoms with Crippen molar-refractivity contribution in [2.24, 2.45) is 11.8 Å². The number of hydrogen-bond acceptors (Lipinski definition) is 5. The van der Waals surface area contributed by atoms with E-state index in [4.69, 9.17) is 5.84 Å². The summed E-state index contributed by atoms with van der Waals surface area (Å²) in [7, 11) is -3.66. The smallest absolute Gasteiger partial charge is 0.244 e. The molecule has 1 unspecified atom stereocenters. The van der Waals surface area contributed by atoms with Crippen LogP contribution in [0.1, 0.15) is 27.2 Å². The van der Waals surface area contributed by atoms with Crippen molar-refractivity contribution in [2.45, 2.75) is 38.1 Å². The number of hydrogen-bond donors (Lipinski definition) is 3. The Bertz CT molecular complexity index is 533. The van der Waals surface area contributed by atoms with Crippen LogP contribution in [-0.4, -0.2) is 19.4 Å². The fourth-order valence-electron chi connectivity index (χ4n) is 1.82. The van der Waals surface area contributed by atoms with E-state index in [1.165, 1.54) is 12.3 Å². The van der Waals surface area contributed by atoms with E-state index in [1.807, 2.05) is 20.8 Å². The standard InChI is InChI=1S/C11H19BrN4O2S/c1-7(2)4-8(3)16-19(17,18)10-5-9(12)6-14-11(10)15-13/h5-8,16H,4,13H2,1-3H3,(H,14,15). The zero-order valence-electron chi connectivity index (χ0n) is 11.1. The van der Waals surface area contributed by atoms with Gasteiger partial charge < -0.3 is 5.43 Å². The third-order valence-corrected chi connectivity index (χ3v) is 4.46. The van der Waals surface area contributed by atoms with Crippen LogP contribution in [0.15, 0.2) is 21.6 Å². The van der Waals surface area contributed by atoms with Crippen LogP contribution in [0, 0.1) is 5.92 Å². The quantitative estimate of drug-likeness (QED) is 0.537. The Hall–Kier alpha value is -0.700. The number of halogens is 1. The molecule has 1 rings (SSSR count). The maximum atomic E-state index is 12.3. The summed E-state index contributed by atoms with van der Waals surface area (Å²) < 4.78 is 27.8. The fraction of sp³-hybridized carbons (Fsp3) is 0.545. The molecule has 0 saturated heterocycles. The Morgan fingerprint density at radius 3 is 2.58 bits per heavy atom. The molecule has 0 aromatic carbocycles. The predicted molar refractivity (Wildman–Crippen MR) is 79.0 cm³/mol. The second-order valence-corrected chi connectivity index (χ2v) is 7.39. The molecule has 0 aliphatic heterocycles. The Kier molecular flexibility index (Phi) is 5.72. The number of aromatic nitrogens is 1. The molecular weight excluding hydrogens is 332 g/mol. The summed E-state index contributed by atoms with van der Waals surface area (Å²) in [5.74, 6) is 5.81. The lowest BCUT2D eigenvalue weighted by atomic mass is 10.1. The maximum Gasteiger partial charge on any atom is 0.244 e. The Labute approximate surface area is 122 Å². The van der Waals surface area contributed by atoms with Gasteiger partial charge in [0.15, 0.2) is 5.82 Å². The first-order valence-corrected chi connectivity index (χ1v) is 8.18. The van der Waals surface area contributed by atoms with E-state index in [0.29, 0.717) is 10.4 Å². The van der Waals surface area contributed by atoms with Gasteiger partial charge in [-0.05, 0) is 41.3 Å². The molecule has 0 spiro atoms. The number of nitrogens with two attached hydrogens (primary N) is 1. The van der Waals surface area contributed by atoms with Gasteiger partial charge in [-0.2, -0.15) is 0 Å². The van der Waals surface area contributed by atoms with Crippen LogP contribution in [0.2, 0.25) is 0 Å². The lowest BCUT2D eigenvalue weighted by molar-refractivity contribution is 0.482. The van der Waals surface area contributed by atoms with Crippen LogP contribution < -0.4 is 16.0 Å². The zero-order valence-corrected chi connectivity index (χ0v) is 13.5. The average Bonchev–Trinajstić information content (AvgIpc) is 2.26. The van der Waals surface area contributed by atoms with Gasteiger partial charge >= 0.3 is 0 Å². The number of nitrogens with one attached hydrogen (secondary N) is 2. The molecule has 108 valence electrons. The molecule has 0 aliphatic carbocycles. The summed E-state index contributed by atoms with van der Waals surface area (Å²) in [5, 5.41) is 0. The zero-order chi connectivity index (χ0) is 14.6. The molecule has 4 N–H and O–H groups in total. The fourth-order valence-corrected chi connectivity index (χ4v) is 3.70. The van der Waals surface area contributed by atoms with E-state index < -0.39 is 10.0 Å². The summed E-state index contributed by atoms with van der Waals surface area (Å²) in [6.45, 7) is 5.91. The third-order valence-electron chi connectivity index (χ3n) is 2.43. The molecule has 19 heavy (non-hydrogen) atoms. The average molecular weight is 351 g/mol. The number of hydrazine groups is 1. The van der Waals surface area contributed by atoms with Gasteiger partial charge in [-0.3, -0.25) is 0 Å². The summed E-state index contributed by atoms with van der Waals surface area (Å²) >= 11 is 3.20. The molecule has 0 bridgehead atoms. The second kappa shape index (κ2) is 6.65. The van der Waals surface area contributed by atoms with Gasteiger partial charge in [0, 0.05) is 16.7 Å². The van der Waals surface area contributed by atoms with E-state index in [-0.39, 0.29) is 16.8 Å². The van der Waals surface area contributed by atoms with Gasteiger partial charge in [-0.25, -0.2) is 24.0 Å². The van der Waals surface area contributed by atoms with Gasteiger partial charge in [0.2, 0.25) is 10.0 Å². The molecule has 0 radical (unpaired) electrons. The van der Waals surface area contributed by atoms with Gasteiger partial charge in [0.05, 0.1) is 0 Å². The third kappa shape index (κ3) is 4.72. The maximum absolute atomic E-state index is 12.3. The monoisotopic (exact) mass is 350 g/mol. The Morgan fingerprint density at radius 1 is 1.42 bits per heavy atom. The molecule has 1 heterocycles. The number of rotatable bonds is 6. The lowest BCUT2D eigenvalue weighted by Gasteiger charge is -2.17. The SMILES string of the molecule is CC(C)CC(C)NS(=O)(=O)c1cc(Br)cnc1NN. The Balaban J connectivity index is 3.03. The van der Waals surface area contributed by atoms with E-state index in [2.05, 4.69) is 31.1 Å². The van der Waals surface area contributed by atoms with Crippen molar-refractivity contribution in [2.75, 3.05) is 5.43 Å². The minimum Gasteiger partial charge on any atom is -0.307 e. The summed E-state index contributed by atoms with van der Waals surface area (Å²) in [6, 6.07) is 1.31. The van der Waals surface area contributed by atoms with Crippen molar-refractivity contribution in [3.63, 3.8) is 0 Å². The first-order chi connectivity index (χ1) is 8.76. The number of nitrogen functional groups attached to an aromatic ring is 1. The minimum atomic E-state index is -3.66. The molecule has 0 saturated carbocycles. The number of pyridine rings is 1. The van der Waals surface area contributed by atoms with Crippen LogP contribution >= 0.6 is 15.9 Å². The highest BCUT2D eigenvalue weighted by molar-refractivity contribution is 9.10. The molecule has 0 aliphatic rings. The number of sulfonamides is 1.